The first-order valence-electron chi connectivity index (χ1n) is 3.95. The highest BCUT2D eigenvalue weighted by atomic mass is 79.9. The number of nitro groups is 1. The first-order chi connectivity index (χ1) is 7.49. The number of hydrogen-bond acceptors (Lipinski definition) is 4. The summed E-state index contributed by atoms with van der Waals surface area (Å²) in [6, 6.07) is 1.76. The molecular formula is C8H4BrF2N3O2. The Morgan fingerprint density at radius 3 is 2.75 bits per heavy atom. The number of nitrogens with zero attached hydrogens (tertiary/aromatic N) is 3. The molecule has 1 aromatic heterocycles. The zero-order chi connectivity index (χ0) is 12.3. The van der Waals surface area contributed by atoms with E-state index in [9.17, 15) is 18.9 Å². The standard InChI is InChI=1S/C8H4BrF2N3O2/c9-5-4(1-2-12)3-13-6(8(10)11)7(5)14(15)16/h3,8H,1H2. The summed E-state index contributed by atoms with van der Waals surface area (Å²) in [5.41, 5.74) is -1.49. The fourth-order valence-corrected chi connectivity index (χ4v) is 1.66. The van der Waals surface area contributed by atoms with Crippen LogP contribution in [0.1, 0.15) is 17.7 Å². The normalized spacial score (nSPS) is 10.2. The van der Waals surface area contributed by atoms with Crippen molar-refractivity contribution in [3.05, 3.63) is 32.0 Å². The molecule has 0 aliphatic heterocycles. The van der Waals surface area contributed by atoms with Gasteiger partial charge in [0.25, 0.3) is 6.43 Å². The fraction of sp³-hybridized carbons (Fsp3) is 0.250. The minimum atomic E-state index is -3.03. The molecule has 84 valence electrons. The number of halogens is 3. The third kappa shape index (κ3) is 2.30. The Labute approximate surface area is 97.0 Å². The van der Waals surface area contributed by atoms with Crippen molar-refractivity contribution in [3.8, 4) is 6.07 Å². The second kappa shape index (κ2) is 4.94. The van der Waals surface area contributed by atoms with E-state index in [1.807, 2.05) is 0 Å². The van der Waals surface area contributed by atoms with Gasteiger partial charge in [0.05, 0.1) is 17.4 Å². The van der Waals surface area contributed by atoms with Crippen molar-refractivity contribution in [2.24, 2.45) is 0 Å². The largest absolute Gasteiger partial charge is 0.311 e. The van der Waals surface area contributed by atoms with Gasteiger partial charge >= 0.3 is 5.69 Å². The van der Waals surface area contributed by atoms with Crippen LogP contribution in [-0.2, 0) is 6.42 Å². The third-order valence-electron chi connectivity index (χ3n) is 1.75. The van der Waals surface area contributed by atoms with Crippen LogP contribution in [-0.4, -0.2) is 9.91 Å². The summed E-state index contributed by atoms with van der Waals surface area (Å²) in [4.78, 5) is 13.0. The predicted octanol–water partition coefficient (Wildman–Crippen LogP) is 2.76. The maximum Gasteiger partial charge on any atom is 0.311 e. The monoisotopic (exact) mass is 291 g/mol. The van der Waals surface area contributed by atoms with Gasteiger partial charge in [-0.1, -0.05) is 0 Å². The highest BCUT2D eigenvalue weighted by Gasteiger charge is 2.28. The summed E-state index contributed by atoms with van der Waals surface area (Å²) in [5, 5.41) is 19.1. The minimum Gasteiger partial charge on any atom is -0.258 e. The summed E-state index contributed by atoms with van der Waals surface area (Å²) in [5.74, 6) is 0. The average Bonchev–Trinajstić information content (AvgIpc) is 2.20. The lowest BCUT2D eigenvalue weighted by Gasteiger charge is -2.05. The van der Waals surface area contributed by atoms with Crippen LogP contribution in [0.25, 0.3) is 0 Å². The van der Waals surface area contributed by atoms with Gasteiger partial charge in [0.1, 0.15) is 4.47 Å². The molecule has 0 unspecified atom stereocenters. The Morgan fingerprint density at radius 2 is 2.31 bits per heavy atom. The summed E-state index contributed by atoms with van der Waals surface area (Å²) in [7, 11) is 0. The molecule has 0 fully saturated rings. The van der Waals surface area contributed by atoms with Crippen molar-refractivity contribution >= 4 is 21.6 Å². The van der Waals surface area contributed by atoms with E-state index in [2.05, 4.69) is 20.9 Å². The average molecular weight is 292 g/mol. The molecular weight excluding hydrogens is 288 g/mol. The van der Waals surface area contributed by atoms with Gasteiger partial charge < -0.3 is 0 Å². The molecule has 0 aliphatic carbocycles. The van der Waals surface area contributed by atoms with E-state index in [1.165, 1.54) is 0 Å². The van der Waals surface area contributed by atoms with Crippen LogP contribution in [0.2, 0.25) is 0 Å². The third-order valence-corrected chi connectivity index (χ3v) is 2.64. The second-order valence-corrected chi connectivity index (χ2v) is 3.52. The second-order valence-electron chi connectivity index (χ2n) is 2.72. The van der Waals surface area contributed by atoms with Crippen LogP contribution in [0.4, 0.5) is 14.5 Å². The Hall–Kier alpha value is -1.62. The molecule has 1 rings (SSSR count). The summed E-state index contributed by atoms with van der Waals surface area (Å²) >= 11 is 2.84. The number of hydrogen-bond donors (Lipinski definition) is 0. The van der Waals surface area contributed by atoms with Crippen molar-refractivity contribution < 1.29 is 13.7 Å². The lowest BCUT2D eigenvalue weighted by atomic mass is 10.2. The Morgan fingerprint density at radius 1 is 1.69 bits per heavy atom. The van der Waals surface area contributed by atoms with E-state index in [0.717, 1.165) is 6.20 Å². The maximum absolute atomic E-state index is 12.4. The SMILES string of the molecule is N#CCc1cnc(C(F)F)c([N+](=O)[O-])c1Br. The van der Waals surface area contributed by atoms with E-state index in [0.29, 0.717) is 0 Å². The molecule has 0 spiro atoms. The Bertz CT molecular complexity index is 473. The van der Waals surface area contributed by atoms with E-state index >= 15 is 0 Å². The molecule has 8 heteroatoms. The number of nitriles is 1. The Balaban J connectivity index is 3.43. The van der Waals surface area contributed by atoms with E-state index in [1.54, 1.807) is 6.07 Å². The van der Waals surface area contributed by atoms with Crippen molar-refractivity contribution in [2.75, 3.05) is 0 Å². The first-order valence-corrected chi connectivity index (χ1v) is 4.75. The first kappa shape index (κ1) is 12.4. The summed E-state index contributed by atoms with van der Waals surface area (Å²) < 4.78 is 24.7. The van der Waals surface area contributed by atoms with Gasteiger partial charge in [-0.15, -0.1) is 0 Å². The number of rotatable bonds is 3. The zero-order valence-corrected chi connectivity index (χ0v) is 9.24. The summed E-state index contributed by atoms with van der Waals surface area (Å²) in [6.45, 7) is 0. The highest BCUT2D eigenvalue weighted by Crippen LogP contribution is 2.35. The molecule has 0 aromatic carbocycles. The molecule has 1 heterocycles. The lowest BCUT2D eigenvalue weighted by molar-refractivity contribution is -0.387. The quantitative estimate of drug-likeness (QED) is 0.633. The topological polar surface area (TPSA) is 79.8 Å². The van der Waals surface area contributed by atoms with Gasteiger partial charge in [-0.25, -0.2) is 13.8 Å². The molecule has 5 nitrogen and oxygen atoms in total. The molecule has 0 saturated heterocycles. The van der Waals surface area contributed by atoms with Crippen molar-refractivity contribution in [1.29, 1.82) is 5.26 Å². The smallest absolute Gasteiger partial charge is 0.258 e. The van der Waals surface area contributed by atoms with Gasteiger partial charge in [0.15, 0.2) is 5.69 Å². The zero-order valence-electron chi connectivity index (χ0n) is 7.65. The van der Waals surface area contributed by atoms with Gasteiger partial charge in [0.2, 0.25) is 0 Å². The van der Waals surface area contributed by atoms with Gasteiger partial charge in [-0.3, -0.25) is 10.1 Å². The van der Waals surface area contributed by atoms with Crippen LogP contribution in [0, 0.1) is 21.4 Å². The minimum absolute atomic E-state index is 0.121. The molecule has 0 atom stereocenters. The molecule has 0 N–H and O–H groups in total. The van der Waals surface area contributed by atoms with Crippen molar-refractivity contribution in [3.63, 3.8) is 0 Å². The molecule has 1 aromatic rings. The molecule has 0 bridgehead atoms. The Kier molecular flexibility index (Phi) is 3.84. The highest BCUT2D eigenvalue weighted by molar-refractivity contribution is 9.10. The predicted molar refractivity (Wildman–Crippen MR) is 52.9 cm³/mol. The van der Waals surface area contributed by atoms with Crippen LogP contribution in [0.15, 0.2) is 10.7 Å². The fourth-order valence-electron chi connectivity index (χ4n) is 1.07. The van der Waals surface area contributed by atoms with Crippen LogP contribution in [0.5, 0.6) is 0 Å². The molecule has 0 aliphatic rings. The van der Waals surface area contributed by atoms with E-state index < -0.39 is 22.7 Å². The van der Waals surface area contributed by atoms with Crippen molar-refractivity contribution in [1.82, 2.24) is 4.98 Å². The number of aromatic nitrogens is 1. The molecule has 0 radical (unpaired) electrons. The molecule has 16 heavy (non-hydrogen) atoms. The van der Waals surface area contributed by atoms with Gasteiger partial charge in [0, 0.05) is 11.8 Å². The maximum atomic E-state index is 12.4. The van der Waals surface area contributed by atoms with Crippen molar-refractivity contribution in [2.45, 2.75) is 12.8 Å². The lowest BCUT2D eigenvalue weighted by Crippen LogP contribution is -2.02. The van der Waals surface area contributed by atoms with Gasteiger partial charge in [-0.05, 0) is 15.9 Å². The van der Waals surface area contributed by atoms with Crippen LogP contribution >= 0.6 is 15.9 Å². The van der Waals surface area contributed by atoms with Crippen LogP contribution < -0.4 is 0 Å². The van der Waals surface area contributed by atoms with Gasteiger partial charge in [-0.2, -0.15) is 5.26 Å². The summed E-state index contributed by atoms with van der Waals surface area (Å²) in [6.07, 6.45) is -2.15. The van der Waals surface area contributed by atoms with E-state index in [-0.39, 0.29) is 16.5 Å². The molecule has 0 amide bonds. The number of pyridine rings is 1. The molecule has 0 saturated carbocycles. The van der Waals surface area contributed by atoms with Crippen LogP contribution in [0.3, 0.4) is 0 Å². The van der Waals surface area contributed by atoms with E-state index in [4.69, 9.17) is 5.26 Å². The number of alkyl halides is 2.